The first-order valence-corrected chi connectivity index (χ1v) is 8.86. The van der Waals surface area contributed by atoms with Gasteiger partial charge in [-0.25, -0.2) is 15.2 Å². The molecule has 138 valence electrons. The van der Waals surface area contributed by atoms with Gasteiger partial charge >= 0.3 is 6.03 Å². The first-order chi connectivity index (χ1) is 12.5. The zero-order chi connectivity index (χ0) is 18.7. The number of likely N-dealkylation sites (N-methyl/N-ethyl adjacent to an activating group) is 1. The second kappa shape index (κ2) is 7.74. The summed E-state index contributed by atoms with van der Waals surface area (Å²) >= 11 is 5.87. The van der Waals surface area contributed by atoms with Crippen molar-refractivity contribution < 1.29 is 9.59 Å². The van der Waals surface area contributed by atoms with Gasteiger partial charge in [0.2, 0.25) is 5.96 Å². The van der Waals surface area contributed by atoms with Crippen molar-refractivity contribution in [3.63, 3.8) is 0 Å². The fourth-order valence-electron chi connectivity index (χ4n) is 2.91. The number of hydrogen-bond donors (Lipinski definition) is 2. The predicted octanol–water partition coefficient (Wildman–Crippen LogP) is 1.61. The number of nitrogens with one attached hydrogen (secondary N) is 2. The third kappa shape index (κ3) is 3.65. The summed E-state index contributed by atoms with van der Waals surface area (Å²) in [4.78, 5) is 32.0. The van der Waals surface area contributed by atoms with Crippen molar-refractivity contribution in [1.29, 1.82) is 0 Å². The van der Waals surface area contributed by atoms with E-state index in [0.717, 1.165) is 18.4 Å². The van der Waals surface area contributed by atoms with Crippen LogP contribution in [0.15, 0.2) is 34.4 Å². The number of guanidine groups is 1. The average molecular weight is 377 g/mol. The number of hydrogen-bond acceptors (Lipinski definition) is 6. The molecule has 26 heavy (non-hydrogen) atoms. The molecule has 0 radical (unpaired) electrons. The molecule has 1 saturated heterocycles. The van der Waals surface area contributed by atoms with Crippen LogP contribution in [0.3, 0.4) is 0 Å². The van der Waals surface area contributed by atoms with Crippen LogP contribution in [0.4, 0.5) is 4.79 Å². The highest BCUT2D eigenvalue weighted by atomic mass is 35.5. The summed E-state index contributed by atoms with van der Waals surface area (Å²) in [6.07, 6.45) is 2.97. The first kappa shape index (κ1) is 18.2. The summed E-state index contributed by atoms with van der Waals surface area (Å²) in [5, 5.41) is 7.24. The van der Waals surface area contributed by atoms with Crippen molar-refractivity contribution in [2.24, 2.45) is 10.1 Å². The lowest BCUT2D eigenvalue weighted by molar-refractivity contribution is -0.127. The molecule has 1 aromatic carbocycles. The number of aliphatic imine (C=N–C) groups is 1. The van der Waals surface area contributed by atoms with Crippen LogP contribution >= 0.6 is 11.6 Å². The van der Waals surface area contributed by atoms with Crippen LogP contribution in [0.2, 0.25) is 5.02 Å². The minimum atomic E-state index is -0.554. The normalized spacial score (nSPS) is 22.5. The zero-order valence-corrected chi connectivity index (χ0v) is 15.4. The highest BCUT2D eigenvalue weighted by molar-refractivity contribution is 6.30. The average Bonchev–Trinajstić information content (AvgIpc) is 2.99. The lowest BCUT2D eigenvalue weighted by Gasteiger charge is -2.36. The fourth-order valence-corrected chi connectivity index (χ4v) is 3.03. The maximum absolute atomic E-state index is 12.3. The second-order valence-corrected chi connectivity index (χ2v) is 6.62. The molecule has 0 saturated carbocycles. The number of nitrogens with zero attached hydrogens (tertiary/aromatic N) is 4. The molecule has 8 nitrogen and oxygen atoms in total. The molecule has 1 fully saturated rings. The van der Waals surface area contributed by atoms with E-state index in [9.17, 15) is 9.59 Å². The number of halogens is 1. The molecule has 2 heterocycles. The largest absolute Gasteiger partial charge is 0.326 e. The van der Waals surface area contributed by atoms with Crippen LogP contribution in [0.5, 0.6) is 0 Å². The second-order valence-electron chi connectivity index (χ2n) is 6.18. The minimum Gasteiger partial charge on any atom is -0.326 e. The SMILES string of the molecule is CCCCN1C(N/N=C/c2ccc(Cl)cc2)=NC2C1C(=O)NC(=O)N2C. The Hall–Kier alpha value is -2.61. The van der Waals surface area contributed by atoms with E-state index in [1.54, 1.807) is 25.4 Å². The van der Waals surface area contributed by atoms with Crippen molar-refractivity contribution in [3.8, 4) is 0 Å². The van der Waals surface area contributed by atoms with E-state index in [0.29, 0.717) is 17.5 Å². The van der Waals surface area contributed by atoms with Crippen molar-refractivity contribution in [1.82, 2.24) is 20.5 Å². The number of unbranched alkanes of at least 4 members (excludes halogenated alkanes) is 1. The Bertz CT molecular complexity index is 748. The molecule has 3 rings (SSSR count). The molecular weight excluding hydrogens is 356 g/mol. The smallest absolute Gasteiger partial charge is 0.325 e. The predicted molar refractivity (Wildman–Crippen MR) is 100 cm³/mol. The van der Waals surface area contributed by atoms with Gasteiger partial charge in [-0.2, -0.15) is 5.10 Å². The number of hydrazone groups is 1. The van der Waals surface area contributed by atoms with Gasteiger partial charge in [-0.15, -0.1) is 0 Å². The van der Waals surface area contributed by atoms with Gasteiger partial charge in [0.05, 0.1) is 6.21 Å². The Morgan fingerprint density at radius 2 is 2.08 bits per heavy atom. The zero-order valence-electron chi connectivity index (χ0n) is 14.6. The summed E-state index contributed by atoms with van der Waals surface area (Å²) in [5.74, 6) is 0.145. The van der Waals surface area contributed by atoms with Crippen molar-refractivity contribution in [2.45, 2.75) is 32.0 Å². The molecule has 0 aromatic heterocycles. The first-order valence-electron chi connectivity index (χ1n) is 8.48. The Balaban J connectivity index is 1.77. The van der Waals surface area contributed by atoms with Gasteiger partial charge in [0.1, 0.15) is 0 Å². The standard InChI is InChI=1S/C17H21ClN6O2/c1-3-4-9-24-13-14(23(2)17(26)21-15(13)25)20-16(24)22-19-10-11-5-7-12(18)8-6-11/h5-8,10,13-14H,3-4,9H2,1-2H3,(H,20,22)(H,21,25,26)/b19-10+. The highest BCUT2D eigenvalue weighted by Gasteiger charge is 2.48. The minimum absolute atomic E-state index is 0.337. The molecule has 2 aliphatic heterocycles. The van der Waals surface area contributed by atoms with E-state index in [2.05, 4.69) is 27.8 Å². The number of fused-ring (bicyclic) bond motifs is 1. The molecule has 3 amide bonds. The summed E-state index contributed by atoms with van der Waals surface area (Å²) < 4.78 is 0. The topological polar surface area (TPSA) is 89.4 Å². The summed E-state index contributed by atoms with van der Waals surface area (Å²) in [6.45, 7) is 2.72. The summed E-state index contributed by atoms with van der Waals surface area (Å²) in [7, 11) is 1.63. The van der Waals surface area contributed by atoms with Gasteiger partial charge in [-0.05, 0) is 24.1 Å². The molecule has 0 aliphatic carbocycles. The monoisotopic (exact) mass is 376 g/mol. The van der Waals surface area contributed by atoms with Crippen LogP contribution in [-0.4, -0.2) is 59.7 Å². The Kier molecular flexibility index (Phi) is 5.41. The highest BCUT2D eigenvalue weighted by Crippen LogP contribution is 2.23. The molecule has 9 heteroatoms. The number of urea groups is 1. The lowest BCUT2D eigenvalue weighted by Crippen LogP contribution is -2.64. The van der Waals surface area contributed by atoms with Crippen LogP contribution in [0.25, 0.3) is 0 Å². The fraction of sp³-hybridized carbons (Fsp3) is 0.412. The number of carbonyl (C=O) groups excluding carboxylic acids is 2. The summed E-state index contributed by atoms with van der Waals surface area (Å²) in [6, 6.07) is 6.27. The number of carbonyl (C=O) groups is 2. The van der Waals surface area contributed by atoms with Crippen molar-refractivity contribution >= 4 is 35.7 Å². The van der Waals surface area contributed by atoms with E-state index in [4.69, 9.17) is 11.6 Å². The van der Waals surface area contributed by atoms with Crippen LogP contribution in [-0.2, 0) is 4.79 Å². The number of imide groups is 1. The van der Waals surface area contributed by atoms with Gasteiger partial charge in [0.15, 0.2) is 12.2 Å². The van der Waals surface area contributed by atoms with Gasteiger partial charge in [0, 0.05) is 18.6 Å². The third-order valence-corrected chi connectivity index (χ3v) is 4.61. The molecule has 1 aromatic rings. The maximum atomic E-state index is 12.3. The lowest BCUT2D eigenvalue weighted by atomic mass is 10.1. The number of rotatable bonds is 5. The van der Waals surface area contributed by atoms with Crippen molar-refractivity contribution in [2.75, 3.05) is 13.6 Å². The molecule has 0 spiro atoms. The Morgan fingerprint density at radius 1 is 1.35 bits per heavy atom. The third-order valence-electron chi connectivity index (χ3n) is 4.36. The molecule has 0 bridgehead atoms. The molecule has 2 aliphatic rings. The molecule has 2 N–H and O–H groups in total. The van der Waals surface area contributed by atoms with Crippen LogP contribution in [0.1, 0.15) is 25.3 Å². The molecule has 2 atom stereocenters. The van der Waals surface area contributed by atoms with E-state index in [-0.39, 0.29) is 5.91 Å². The van der Waals surface area contributed by atoms with Crippen molar-refractivity contribution in [3.05, 3.63) is 34.9 Å². The van der Waals surface area contributed by atoms with Gasteiger partial charge in [-0.3, -0.25) is 10.1 Å². The van der Waals surface area contributed by atoms with E-state index >= 15 is 0 Å². The molecular formula is C17H21ClN6O2. The quantitative estimate of drug-likeness (QED) is 0.603. The van der Waals surface area contributed by atoms with Gasteiger partial charge in [0.25, 0.3) is 5.91 Å². The van der Waals surface area contributed by atoms with Gasteiger partial charge < -0.3 is 9.80 Å². The summed E-state index contributed by atoms with van der Waals surface area (Å²) in [5.41, 5.74) is 3.79. The maximum Gasteiger partial charge on any atom is 0.325 e. The van der Waals surface area contributed by atoms with E-state index in [1.165, 1.54) is 4.90 Å². The van der Waals surface area contributed by atoms with Crippen LogP contribution in [0, 0.1) is 0 Å². The number of amides is 3. The molecule has 2 unspecified atom stereocenters. The van der Waals surface area contributed by atoms with E-state index < -0.39 is 18.2 Å². The van der Waals surface area contributed by atoms with Gasteiger partial charge in [-0.1, -0.05) is 37.1 Å². The van der Waals surface area contributed by atoms with E-state index in [1.807, 2.05) is 17.0 Å². The Morgan fingerprint density at radius 3 is 2.77 bits per heavy atom. The van der Waals surface area contributed by atoms with Crippen LogP contribution < -0.4 is 10.7 Å². The Labute approximate surface area is 156 Å². The number of benzene rings is 1.